The van der Waals surface area contributed by atoms with Gasteiger partial charge in [-0.05, 0) is 24.6 Å². The Bertz CT molecular complexity index is 685. The van der Waals surface area contributed by atoms with Gasteiger partial charge < -0.3 is 10.1 Å². The van der Waals surface area contributed by atoms with E-state index in [4.69, 9.17) is 16.3 Å². The molecule has 1 aromatic heterocycles. The summed E-state index contributed by atoms with van der Waals surface area (Å²) in [5.74, 6) is -0.995. The molecule has 0 atom stereocenters. The maximum Gasteiger partial charge on any atom is 0.328 e. The number of nitrogens with zero attached hydrogens (tertiary/aromatic N) is 4. The summed E-state index contributed by atoms with van der Waals surface area (Å²) < 4.78 is 18.8. The van der Waals surface area contributed by atoms with Gasteiger partial charge in [0.05, 0.1) is 11.0 Å². The van der Waals surface area contributed by atoms with Crippen LogP contribution in [0.5, 0.6) is 11.8 Å². The van der Waals surface area contributed by atoms with Crippen LogP contribution in [0, 0.1) is 15.9 Å². The minimum Gasteiger partial charge on any atom is -0.421 e. The van der Waals surface area contributed by atoms with E-state index >= 15 is 0 Å². The molecule has 110 valence electrons. The first-order valence-corrected chi connectivity index (χ1v) is 6.14. The van der Waals surface area contributed by atoms with Crippen molar-refractivity contribution < 1.29 is 14.1 Å². The number of ether oxygens (including phenoxy) is 1. The maximum atomic E-state index is 13.7. The average molecular weight is 314 g/mol. The zero-order valence-electron chi connectivity index (χ0n) is 10.7. The topological polar surface area (TPSA) is 103 Å². The predicted octanol–water partition coefficient (Wildman–Crippen LogP) is 2.80. The minimum atomic E-state index is -0.911. The van der Waals surface area contributed by atoms with Crippen molar-refractivity contribution in [3.63, 3.8) is 0 Å². The van der Waals surface area contributed by atoms with E-state index < -0.39 is 10.7 Å². The van der Waals surface area contributed by atoms with E-state index in [0.717, 1.165) is 18.2 Å². The third kappa shape index (κ3) is 3.72. The Kier molecular flexibility index (Phi) is 4.43. The minimum absolute atomic E-state index is 0.127. The molecule has 1 N–H and O–H groups in total. The molecule has 0 radical (unpaired) electrons. The molecule has 2 aromatic rings. The molecule has 10 heteroatoms. The first kappa shape index (κ1) is 14.9. The van der Waals surface area contributed by atoms with Gasteiger partial charge in [-0.3, -0.25) is 10.1 Å². The Hall–Kier alpha value is -2.55. The molecule has 0 unspecified atom stereocenters. The number of halogens is 2. The highest BCUT2D eigenvalue weighted by molar-refractivity contribution is 6.28. The molecule has 0 bridgehead atoms. The molecule has 21 heavy (non-hydrogen) atoms. The molecule has 0 saturated carbocycles. The first-order chi connectivity index (χ1) is 9.99. The van der Waals surface area contributed by atoms with Crippen LogP contribution in [0.2, 0.25) is 5.28 Å². The highest BCUT2D eigenvalue weighted by Gasteiger charge is 2.14. The van der Waals surface area contributed by atoms with Crippen molar-refractivity contribution in [3.8, 4) is 11.8 Å². The Balaban J connectivity index is 2.27. The van der Waals surface area contributed by atoms with Gasteiger partial charge in [0, 0.05) is 12.6 Å². The van der Waals surface area contributed by atoms with Gasteiger partial charge in [-0.1, -0.05) is 0 Å². The van der Waals surface area contributed by atoms with E-state index in [-0.39, 0.29) is 28.7 Å². The van der Waals surface area contributed by atoms with E-state index in [1.54, 1.807) is 0 Å². The van der Waals surface area contributed by atoms with E-state index in [2.05, 4.69) is 20.3 Å². The fourth-order valence-electron chi connectivity index (χ4n) is 1.40. The largest absolute Gasteiger partial charge is 0.421 e. The number of non-ortho nitro benzene ring substituents is 1. The fourth-order valence-corrected chi connectivity index (χ4v) is 1.55. The Morgan fingerprint density at radius 2 is 2.19 bits per heavy atom. The van der Waals surface area contributed by atoms with E-state index in [1.807, 2.05) is 6.92 Å². The van der Waals surface area contributed by atoms with Crippen LogP contribution in [-0.2, 0) is 0 Å². The van der Waals surface area contributed by atoms with Crippen LogP contribution in [0.4, 0.5) is 16.0 Å². The van der Waals surface area contributed by atoms with Gasteiger partial charge in [-0.2, -0.15) is 15.0 Å². The normalized spacial score (nSPS) is 10.2. The number of benzene rings is 1. The van der Waals surface area contributed by atoms with Crippen LogP contribution in [0.15, 0.2) is 18.2 Å². The maximum absolute atomic E-state index is 13.7. The third-order valence-electron chi connectivity index (χ3n) is 2.25. The van der Waals surface area contributed by atoms with E-state index in [9.17, 15) is 14.5 Å². The number of hydrogen-bond acceptors (Lipinski definition) is 7. The molecule has 0 aliphatic rings. The van der Waals surface area contributed by atoms with Crippen molar-refractivity contribution >= 4 is 23.2 Å². The summed E-state index contributed by atoms with van der Waals surface area (Å²) in [7, 11) is 0. The lowest BCUT2D eigenvalue weighted by Crippen LogP contribution is -2.05. The summed E-state index contributed by atoms with van der Waals surface area (Å²) in [6, 6.07) is 2.73. The lowest BCUT2D eigenvalue weighted by atomic mass is 10.3. The standard InChI is InChI=1S/C11H9ClFN5O3/c1-2-14-10-15-9(12)16-11(17-10)21-8-4-3-6(18(19)20)5-7(8)13/h3-5H,2H2,1H3,(H,14,15,16,17). The average Bonchev–Trinajstić information content (AvgIpc) is 2.40. The van der Waals surface area contributed by atoms with Crippen LogP contribution in [-0.4, -0.2) is 26.4 Å². The summed E-state index contributed by atoms with van der Waals surface area (Å²) in [6.07, 6.45) is 0. The van der Waals surface area contributed by atoms with Crippen molar-refractivity contribution in [2.24, 2.45) is 0 Å². The third-order valence-corrected chi connectivity index (χ3v) is 2.42. The van der Waals surface area contributed by atoms with E-state index in [0.29, 0.717) is 6.54 Å². The Labute approximate surface area is 123 Å². The van der Waals surface area contributed by atoms with Gasteiger partial charge in [0.2, 0.25) is 11.2 Å². The number of nitrogens with one attached hydrogen (secondary N) is 1. The summed E-state index contributed by atoms with van der Waals surface area (Å²) in [4.78, 5) is 21.2. The number of anilines is 1. The van der Waals surface area contributed by atoms with Gasteiger partial charge in [-0.15, -0.1) is 0 Å². The van der Waals surface area contributed by atoms with Gasteiger partial charge in [0.1, 0.15) is 0 Å². The van der Waals surface area contributed by atoms with Crippen LogP contribution in [0.1, 0.15) is 6.92 Å². The smallest absolute Gasteiger partial charge is 0.328 e. The van der Waals surface area contributed by atoms with Crippen molar-refractivity contribution in [1.82, 2.24) is 15.0 Å². The van der Waals surface area contributed by atoms with Crippen molar-refractivity contribution in [2.75, 3.05) is 11.9 Å². The van der Waals surface area contributed by atoms with Crippen LogP contribution in [0.25, 0.3) is 0 Å². The van der Waals surface area contributed by atoms with Crippen molar-refractivity contribution in [2.45, 2.75) is 6.92 Å². The summed E-state index contributed by atoms with van der Waals surface area (Å²) >= 11 is 5.69. The van der Waals surface area contributed by atoms with E-state index in [1.165, 1.54) is 0 Å². The van der Waals surface area contributed by atoms with Crippen LogP contribution in [0.3, 0.4) is 0 Å². The molecule has 0 fully saturated rings. The molecule has 1 aromatic carbocycles. The highest BCUT2D eigenvalue weighted by atomic mass is 35.5. The lowest BCUT2D eigenvalue weighted by Gasteiger charge is -2.07. The second-order valence-corrected chi connectivity index (χ2v) is 4.05. The second-order valence-electron chi connectivity index (χ2n) is 3.71. The fraction of sp³-hybridized carbons (Fsp3) is 0.182. The predicted molar refractivity (Wildman–Crippen MR) is 72.1 cm³/mol. The second kappa shape index (κ2) is 6.27. The SMILES string of the molecule is CCNc1nc(Cl)nc(Oc2ccc([N+](=O)[O-])cc2F)n1. The zero-order chi connectivity index (χ0) is 15.4. The molecule has 0 saturated heterocycles. The molecular formula is C11H9ClFN5O3. The number of hydrogen-bond donors (Lipinski definition) is 1. The summed E-state index contributed by atoms with van der Waals surface area (Å²) in [5.41, 5.74) is -0.387. The number of aromatic nitrogens is 3. The molecule has 0 aliphatic heterocycles. The molecular weight excluding hydrogens is 305 g/mol. The Morgan fingerprint density at radius 3 is 2.81 bits per heavy atom. The van der Waals surface area contributed by atoms with Crippen LogP contribution < -0.4 is 10.1 Å². The van der Waals surface area contributed by atoms with Crippen LogP contribution >= 0.6 is 11.6 Å². The molecule has 0 spiro atoms. The summed E-state index contributed by atoms with van der Waals surface area (Å²) in [6.45, 7) is 2.37. The molecule has 0 aliphatic carbocycles. The summed E-state index contributed by atoms with van der Waals surface area (Å²) in [5, 5.41) is 13.2. The first-order valence-electron chi connectivity index (χ1n) is 5.77. The quantitative estimate of drug-likeness (QED) is 0.668. The Morgan fingerprint density at radius 1 is 1.43 bits per heavy atom. The lowest BCUT2D eigenvalue weighted by molar-refractivity contribution is -0.385. The molecule has 8 nitrogen and oxygen atoms in total. The monoisotopic (exact) mass is 313 g/mol. The zero-order valence-corrected chi connectivity index (χ0v) is 11.5. The van der Waals surface area contributed by atoms with Gasteiger partial charge in [-0.25, -0.2) is 4.39 Å². The van der Waals surface area contributed by atoms with Gasteiger partial charge in [0.25, 0.3) is 5.69 Å². The number of nitro groups is 1. The van der Waals surface area contributed by atoms with Gasteiger partial charge >= 0.3 is 6.01 Å². The number of rotatable bonds is 5. The molecule has 2 rings (SSSR count). The molecule has 0 amide bonds. The number of nitro benzene ring substituents is 1. The van der Waals surface area contributed by atoms with Crippen molar-refractivity contribution in [3.05, 3.63) is 39.4 Å². The molecule has 1 heterocycles. The van der Waals surface area contributed by atoms with Gasteiger partial charge in [0.15, 0.2) is 11.6 Å². The highest BCUT2D eigenvalue weighted by Crippen LogP contribution is 2.26. The van der Waals surface area contributed by atoms with Crippen molar-refractivity contribution in [1.29, 1.82) is 0 Å².